The Balaban J connectivity index is 0.00000264. The Hall–Kier alpha value is -1.30. The van der Waals surface area contributed by atoms with E-state index in [4.69, 9.17) is 17.3 Å². The molecular weight excluding hydrogens is 337 g/mol. The van der Waals surface area contributed by atoms with Crippen LogP contribution in [0.2, 0.25) is 5.02 Å². The van der Waals surface area contributed by atoms with Gasteiger partial charge in [0.05, 0.1) is 6.04 Å². The molecule has 1 aliphatic rings. The van der Waals surface area contributed by atoms with Crippen molar-refractivity contribution in [3.63, 3.8) is 0 Å². The lowest BCUT2D eigenvalue weighted by Gasteiger charge is -2.36. The maximum absolute atomic E-state index is 12.4. The third-order valence-electron chi connectivity index (χ3n) is 3.87. The van der Waals surface area contributed by atoms with E-state index in [1.165, 1.54) is 0 Å². The first kappa shape index (κ1) is 19.7. The number of nitrogens with two attached hydrogens (primary N) is 1. The molecule has 1 fully saturated rings. The minimum absolute atomic E-state index is 0. The fourth-order valence-electron chi connectivity index (χ4n) is 2.60. The van der Waals surface area contributed by atoms with Gasteiger partial charge < -0.3 is 15.5 Å². The van der Waals surface area contributed by atoms with Gasteiger partial charge in [-0.05, 0) is 24.6 Å². The first-order chi connectivity index (χ1) is 10.5. The van der Waals surface area contributed by atoms with Crippen LogP contribution in [-0.4, -0.2) is 53.8 Å². The third-order valence-corrected chi connectivity index (χ3v) is 4.10. The van der Waals surface area contributed by atoms with E-state index in [-0.39, 0.29) is 24.2 Å². The van der Waals surface area contributed by atoms with Crippen LogP contribution in [-0.2, 0) is 4.79 Å². The quantitative estimate of drug-likeness (QED) is 0.895. The SMILES string of the molecule is CCCC(N)C(=O)N1CCN(C(=O)c2cccc(Cl)c2)CC1.Cl. The molecule has 23 heavy (non-hydrogen) atoms. The van der Waals surface area contributed by atoms with Crippen molar-refractivity contribution in [1.29, 1.82) is 0 Å². The van der Waals surface area contributed by atoms with Crippen LogP contribution in [0.3, 0.4) is 0 Å². The predicted octanol–water partition coefficient (Wildman–Crippen LogP) is 2.17. The monoisotopic (exact) mass is 359 g/mol. The third kappa shape index (κ3) is 5.09. The van der Waals surface area contributed by atoms with Gasteiger partial charge in [-0.25, -0.2) is 0 Å². The summed E-state index contributed by atoms with van der Waals surface area (Å²) in [6.45, 7) is 4.12. The van der Waals surface area contributed by atoms with Crippen molar-refractivity contribution in [2.24, 2.45) is 5.73 Å². The Morgan fingerprint density at radius 1 is 1.22 bits per heavy atom. The van der Waals surface area contributed by atoms with E-state index in [9.17, 15) is 9.59 Å². The van der Waals surface area contributed by atoms with Gasteiger partial charge in [0.25, 0.3) is 5.91 Å². The molecule has 1 aliphatic heterocycles. The molecule has 1 heterocycles. The molecule has 0 aliphatic carbocycles. The Bertz CT molecular complexity index is 546. The number of carbonyl (C=O) groups excluding carboxylic acids is 2. The average molecular weight is 360 g/mol. The Labute approximate surface area is 148 Å². The van der Waals surface area contributed by atoms with Crippen LogP contribution in [0.5, 0.6) is 0 Å². The van der Waals surface area contributed by atoms with Crippen LogP contribution in [0.4, 0.5) is 0 Å². The van der Waals surface area contributed by atoms with Crippen molar-refractivity contribution in [3.8, 4) is 0 Å². The lowest BCUT2D eigenvalue weighted by molar-refractivity contribution is -0.134. The highest BCUT2D eigenvalue weighted by Crippen LogP contribution is 2.14. The number of benzene rings is 1. The molecule has 0 aromatic heterocycles. The van der Waals surface area contributed by atoms with Gasteiger partial charge in [0.15, 0.2) is 0 Å². The molecular formula is C16H23Cl2N3O2. The van der Waals surface area contributed by atoms with Crippen LogP contribution < -0.4 is 5.73 Å². The van der Waals surface area contributed by atoms with E-state index in [0.717, 1.165) is 6.42 Å². The predicted molar refractivity (Wildman–Crippen MR) is 94.1 cm³/mol. The molecule has 1 unspecified atom stereocenters. The van der Waals surface area contributed by atoms with E-state index < -0.39 is 6.04 Å². The summed E-state index contributed by atoms with van der Waals surface area (Å²) in [5.74, 6) is -0.0656. The normalized spacial score (nSPS) is 15.8. The van der Waals surface area contributed by atoms with Gasteiger partial charge in [0.1, 0.15) is 0 Å². The molecule has 0 spiro atoms. The number of amides is 2. The number of hydrogen-bond donors (Lipinski definition) is 1. The maximum atomic E-state index is 12.4. The highest BCUT2D eigenvalue weighted by Gasteiger charge is 2.27. The first-order valence-corrected chi connectivity index (χ1v) is 8.00. The van der Waals surface area contributed by atoms with E-state index >= 15 is 0 Å². The summed E-state index contributed by atoms with van der Waals surface area (Å²) in [6, 6.07) is 6.49. The highest BCUT2D eigenvalue weighted by molar-refractivity contribution is 6.30. The van der Waals surface area contributed by atoms with Crippen molar-refractivity contribution in [3.05, 3.63) is 34.9 Å². The van der Waals surface area contributed by atoms with E-state index in [1.807, 2.05) is 6.92 Å². The topological polar surface area (TPSA) is 66.6 Å². The molecule has 2 N–H and O–H groups in total. The number of halogens is 2. The van der Waals surface area contributed by atoms with Gasteiger partial charge in [-0.1, -0.05) is 31.0 Å². The van der Waals surface area contributed by atoms with Gasteiger partial charge in [-0.2, -0.15) is 0 Å². The molecule has 1 saturated heterocycles. The smallest absolute Gasteiger partial charge is 0.254 e. The van der Waals surface area contributed by atoms with Crippen molar-refractivity contribution < 1.29 is 9.59 Å². The number of rotatable bonds is 4. The zero-order valence-corrected chi connectivity index (χ0v) is 14.8. The van der Waals surface area contributed by atoms with E-state index in [2.05, 4.69) is 0 Å². The standard InChI is InChI=1S/C16H22ClN3O2.ClH/c1-2-4-14(18)16(22)20-9-7-19(8-10-20)15(21)12-5-3-6-13(17)11-12;/h3,5-6,11,14H,2,4,7-10,18H2,1H3;1H. The van der Waals surface area contributed by atoms with Crippen LogP contribution in [0.1, 0.15) is 30.1 Å². The minimum Gasteiger partial charge on any atom is -0.338 e. The molecule has 2 rings (SSSR count). The molecule has 2 amide bonds. The summed E-state index contributed by atoms with van der Waals surface area (Å²) in [4.78, 5) is 28.1. The molecule has 7 heteroatoms. The van der Waals surface area contributed by atoms with Crippen molar-refractivity contribution >= 4 is 35.8 Å². The number of hydrogen-bond acceptors (Lipinski definition) is 3. The molecule has 128 valence electrons. The van der Waals surface area contributed by atoms with Crippen LogP contribution in [0.15, 0.2) is 24.3 Å². The molecule has 0 saturated carbocycles. The van der Waals surface area contributed by atoms with Crippen LogP contribution >= 0.6 is 24.0 Å². The summed E-state index contributed by atoms with van der Waals surface area (Å²) in [6.07, 6.45) is 1.58. The number of carbonyl (C=O) groups is 2. The summed E-state index contributed by atoms with van der Waals surface area (Å²) >= 11 is 5.92. The van der Waals surface area contributed by atoms with Gasteiger partial charge >= 0.3 is 0 Å². The van der Waals surface area contributed by atoms with Gasteiger partial charge in [-0.15, -0.1) is 12.4 Å². The second kappa shape index (κ2) is 9.11. The van der Waals surface area contributed by atoms with E-state index in [1.54, 1.807) is 34.1 Å². The lowest BCUT2D eigenvalue weighted by Crippen LogP contribution is -2.54. The fraction of sp³-hybridized carbons (Fsp3) is 0.500. The molecule has 1 aromatic carbocycles. The zero-order valence-electron chi connectivity index (χ0n) is 13.2. The Morgan fingerprint density at radius 3 is 2.39 bits per heavy atom. The molecule has 5 nitrogen and oxygen atoms in total. The summed E-state index contributed by atoms with van der Waals surface area (Å²) in [5, 5.41) is 0.546. The number of piperazine rings is 1. The van der Waals surface area contributed by atoms with Gasteiger partial charge in [-0.3, -0.25) is 9.59 Å². The van der Waals surface area contributed by atoms with Crippen molar-refractivity contribution in [1.82, 2.24) is 9.80 Å². The second-order valence-electron chi connectivity index (χ2n) is 5.52. The lowest BCUT2D eigenvalue weighted by atomic mass is 10.1. The Morgan fingerprint density at radius 2 is 1.83 bits per heavy atom. The average Bonchev–Trinajstić information content (AvgIpc) is 2.54. The fourth-order valence-corrected chi connectivity index (χ4v) is 2.79. The highest BCUT2D eigenvalue weighted by atomic mass is 35.5. The van der Waals surface area contributed by atoms with Gasteiger partial charge in [0.2, 0.25) is 5.91 Å². The molecule has 0 bridgehead atoms. The minimum atomic E-state index is -0.430. The zero-order chi connectivity index (χ0) is 16.1. The summed E-state index contributed by atoms with van der Waals surface area (Å²) in [5.41, 5.74) is 6.45. The maximum Gasteiger partial charge on any atom is 0.254 e. The number of nitrogens with zero attached hydrogens (tertiary/aromatic N) is 2. The second-order valence-corrected chi connectivity index (χ2v) is 5.96. The van der Waals surface area contributed by atoms with Gasteiger partial charge in [0, 0.05) is 36.8 Å². The Kier molecular flexibility index (Phi) is 7.82. The van der Waals surface area contributed by atoms with Crippen molar-refractivity contribution in [2.45, 2.75) is 25.8 Å². The first-order valence-electron chi connectivity index (χ1n) is 7.62. The van der Waals surface area contributed by atoms with Crippen LogP contribution in [0.25, 0.3) is 0 Å². The largest absolute Gasteiger partial charge is 0.338 e. The summed E-state index contributed by atoms with van der Waals surface area (Å²) < 4.78 is 0. The molecule has 1 aromatic rings. The molecule has 1 atom stereocenters. The molecule has 0 radical (unpaired) electrons. The summed E-state index contributed by atoms with van der Waals surface area (Å²) in [7, 11) is 0. The van der Waals surface area contributed by atoms with Crippen LogP contribution in [0, 0.1) is 0 Å². The van der Waals surface area contributed by atoms with Crippen molar-refractivity contribution in [2.75, 3.05) is 26.2 Å². The van der Waals surface area contributed by atoms with E-state index in [0.29, 0.717) is 43.2 Å².